The fourth-order valence-corrected chi connectivity index (χ4v) is 4.98. The Morgan fingerprint density at radius 2 is 1.97 bits per heavy atom. The number of H-pyrrole nitrogens is 1. The van der Waals surface area contributed by atoms with Gasteiger partial charge in [0, 0.05) is 24.6 Å². The van der Waals surface area contributed by atoms with E-state index in [1.165, 1.54) is 11.3 Å². The number of amides is 1. The third-order valence-corrected chi connectivity index (χ3v) is 7.09. The van der Waals surface area contributed by atoms with Gasteiger partial charge >= 0.3 is 0 Å². The van der Waals surface area contributed by atoms with Gasteiger partial charge in [-0.1, -0.05) is 12.1 Å². The minimum absolute atomic E-state index is 0.243. The van der Waals surface area contributed by atoms with Crippen LogP contribution in [0.15, 0.2) is 53.3 Å². The maximum absolute atomic E-state index is 13.2. The van der Waals surface area contributed by atoms with Crippen molar-refractivity contribution in [2.75, 3.05) is 18.5 Å². The first kappa shape index (κ1) is 24.4. The summed E-state index contributed by atoms with van der Waals surface area (Å²) in [5, 5.41) is 12.0. The van der Waals surface area contributed by atoms with E-state index < -0.39 is 0 Å². The number of aromatic amines is 1. The molecule has 3 aromatic heterocycles. The Balaban J connectivity index is 1.47. The summed E-state index contributed by atoms with van der Waals surface area (Å²) in [5.41, 5.74) is 4.36. The van der Waals surface area contributed by atoms with Gasteiger partial charge in [0.1, 0.15) is 5.69 Å². The number of nitriles is 1. The van der Waals surface area contributed by atoms with Crippen LogP contribution in [0.4, 0.5) is 5.95 Å². The van der Waals surface area contributed by atoms with Crippen molar-refractivity contribution in [1.29, 1.82) is 5.26 Å². The predicted octanol–water partition coefficient (Wildman–Crippen LogP) is 4.86. The maximum atomic E-state index is 13.2. The topological polar surface area (TPSA) is 126 Å². The molecular weight excluding hydrogens is 488 g/mol. The van der Waals surface area contributed by atoms with Gasteiger partial charge in [-0.15, -0.1) is 11.3 Å². The molecule has 0 saturated heterocycles. The lowest BCUT2D eigenvalue weighted by Gasteiger charge is -2.10. The molecule has 0 fully saturated rings. The molecule has 0 aliphatic heterocycles. The van der Waals surface area contributed by atoms with E-state index in [4.69, 9.17) is 10.00 Å². The third kappa shape index (κ3) is 5.00. The number of benzene rings is 2. The van der Waals surface area contributed by atoms with Gasteiger partial charge in [-0.2, -0.15) is 5.26 Å². The smallest absolute Gasteiger partial charge is 0.269 e. The summed E-state index contributed by atoms with van der Waals surface area (Å²) in [4.78, 5) is 38.7. The molecule has 0 bridgehead atoms. The highest BCUT2D eigenvalue weighted by molar-refractivity contribution is 7.17. The molecule has 0 radical (unpaired) electrons. The Kier molecular flexibility index (Phi) is 6.81. The van der Waals surface area contributed by atoms with Crippen LogP contribution in [0.1, 0.15) is 34.3 Å². The van der Waals surface area contributed by atoms with Crippen LogP contribution >= 0.6 is 11.3 Å². The summed E-state index contributed by atoms with van der Waals surface area (Å²) in [6.07, 6.45) is 0.736. The van der Waals surface area contributed by atoms with E-state index in [-0.39, 0.29) is 11.5 Å². The van der Waals surface area contributed by atoms with E-state index in [1.807, 2.05) is 35.8 Å². The molecule has 5 rings (SSSR count). The fraction of sp³-hybridized carbons (Fsp3) is 0.222. The number of nitrogens with zero attached hydrogens (tertiary/aromatic N) is 4. The van der Waals surface area contributed by atoms with Gasteiger partial charge in [0.05, 0.1) is 38.6 Å². The van der Waals surface area contributed by atoms with Crippen LogP contribution in [0.2, 0.25) is 0 Å². The number of fused-ring (bicyclic) bond motifs is 2. The number of imidazole rings is 1. The average molecular weight is 513 g/mol. The summed E-state index contributed by atoms with van der Waals surface area (Å²) in [6, 6.07) is 16.7. The summed E-state index contributed by atoms with van der Waals surface area (Å²) in [7, 11) is 0. The van der Waals surface area contributed by atoms with E-state index in [0.29, 0.717) is 58.4 Å². The number of thiophene rings is 1. The molecule has 3 heterocycles. The molecule has 10 heteroatoms. The lowest BCUT2D eigenvalue weighted by Crippen LogP contribution is -2.15. The number of rotatable bonds is 8. The lowest BCUT2D eigenvalue weighted by molar-refractivity contribution is 0.102. The second kappa shape index (κ2) is 10.3. The first-order valence-electron chi connectivity index (χ1n) is 11.9. The minimum Gasteiger partial charge on any atom is -0.382 e. The van der Waals surface area contributed by atoms with Crippen LogP contribution in [-0.4, -0.2) is 38.6 Å². The van der Waals surface area contributed by atoms with Gasteiger partial charge in [-0.25, -0.2) is 9.97 Å². The van der Waals surface area contributed by atoms with Gasteiger partial charge in [0.2, 0.25) is 5.95 Å². The Bertz CT molecular complexity index is 1710. The van der Waals surface area contributed by atoms with Crippen molar-refractivity contribution in [2.24, 2.45) is 0 Å². The molecule has 2 N–H and O–H groups in total. The first-order chi connectivity index (χ1) is 18.0. The highest BCUT2D eigenvalue weighted by atomic mass is 32.1. The molecule has 0 spiro atoms. The van der Waals surface area contributed by atoms with Gasteiger partial charge in [0.15, 0.2) is 0 Å². The lowest BCUT2D eigenvalue weighted by atomic mass is 10.1. The molecule has 0 aliphatic rings. The Morgan fingerprint density at radius 3 is 2.73 bits per heavy atom. The van der Waals surface area contributed by atoms with Crippen molar-refractivity contribution >= 4 is 45.3 Å². The zero-order valence-corrected chi connectivity index (χ0v) is 21.2. The molecule has 5 aromatic rings. The molecule has 1 amide bonds. The second-order valence-electron chi connectivity index (χ2n) is 8.45. The van der Waals surface area contributed by atoms with Crippen molar-refractivity contribution in [3.8, 4) is 16.5 Å². The highest BCUT2D eigenvalue weighted by Gasteiger charge is 2.18. The quantitative estimate of drug-likeness (QED) is 0.286. The van der Waals surface area contributed by atoms with Crippen molar-refractivity contribution in [3.05, 3.63) is 75.0 Å². The van der Waals surface area contributed by atoms with Gasteiger partial charge in [0.25, 0.3) is 11.5 Å². The number of aryl methyl sites for hydroxylation is 2. The standard InChI is InChI=1S/C27H24N6O3S/c1-3-36-12-4-11-33-22-14-20-19(30-25(34)16(2)29-20)13-21(22)31-27(33)32-26(35)24-10-9-23(37-24)18-7-5-17(15-28)6-8-18/h5-10,13-14H,3-4,11-12H2,1-2H3,(H,30,34)(H,31,32,35). The number of anilines is 1. The van der Waals surface area contributed by atoms with E-state index >= 15 is 0 Å². The zero-order valence-electron chi connectivity index (χ0n) is 20.4. The fourth-order valence-electron chi connectivity index (χ4n) is 4.07. The molecule has 2 aromatic carbocycles. The summed E-state index contributed by atoms with van der Waals surface area (Å²) in [5.74, 6) is 0.150. The number of hydrogen-bond acceptors (Lipinski definition) is 7. The predicted molar refractivity (Wildman–Crippen MR) is 144 cm³/mol. The Morgan fingerprint density at radius 1 is 1.16 bits per heavy atom. The minimum atomic E-state index is -0.266. The maximum Gasteiger partial charge on any atom is 0.269 e. The average Bonchev–Trinajstić information content (AvgIpc) is 3.51. The Labute approximate surface area is 216 Å². The van der Waals surface area contributed by atoms with Gasteiger partial charge in [-0.05, 0) is 62.2 Å². The van der Waals surface area contributed by atoms with Crippen molar-refractivity contribution in [3.63, 3.8) is 0 Å². The number of carbonyl (C=O) groups excluding carboxylic acids is 1. The van der Waals surface area contributed by atoms with E-state index in [9.17, 15) is 9.59 Å². The summed E-state index contributed by atoms with van der Waals surface area (Å²) >= 11 is 1.37. The van der Waals surface area contributed by atoms with Crippen LogP contribution in [-0.2, 0) is 11.3 Å². The molecule has 0 saturated carbocycles. The SMILES string of the molecule is CCOCCCn1c(NC(=O)c2ccc(-c3ccc(C#N)cc3)s2)nc2cc3[nH]c(=O)c(C)nc3cc21. The first-order valence-corrected chi connectivity index (χ1v) is 12.7. The summed E-state index contributed by atoms with van der Waals surface area (Å²) in [6.45, 7) is 5.42. The van der Waals surface area contributed by atoms with Gasteiger partial charge < -0.3 is 14.3 Å². The molecule has 9 nitrogen and oxygen atoms in total. The van der Waals surface area contributed by atoms with Crippen LogP contribution in [0, 0.1) is 18.3 Å². The van der Waals surface area contributed by atoms with Crippen molar-refractivity contribution < 1.29 is 9.53 Å². The largest absolute Gasteiger partial charge is 0.382 e. The molecule has 0 aliphatic carbocycles. The molecule has 0 atom stereocenters. The van der Waals surface area contributed by atoms with E-state index in [2.05, 4.69) is 26.3 Å². The number of nitrogens with one attached hydrogen (secondary N) is 2. The number of hydrogen-bond donors (Lipinski definition) is 2. The van der Waals surface area contributed by atoms with Crippen molar-refractivity contribution in [2.45, 2.75) is 26.8 Å². The van der Waals surface area contributed by atoms with Gasteiger partial charge in [-0.3, -0.25) is 14.9 Å². The zero-order chi connectivity index (χ0) is 25.9. The molecular formula is C27H24N6O3S. The van der Waals surface area contributed by atoms with E-state index in [1.54, 1.807) is 31.2 Å². The van der Waals surface area contributed by atoms with E-state index in [0.717, 1.165) is 22.4 Å². The molecule has 0 unspecified atom stereocenters. The van der Waals surface area contributed by atoms with Crippen LogP contribution in [0.3, 0.4) is 0 Å². The molecule has 37 heavy (non-hydrogen) atoms. The highest BCUT2D eigenvalue weighted by Crippen LogP contribution is 2.30. The second-order valence-corrected chi connectivity index (χ2v) is 9.54. The van der Waals surface area contributed by atoms with Crippen LogP contribution in [0.25, 0.3) is 32.5 Å². The number of aromatic nitrogens is 4. The third-order valence-electron chi connectivity index (χ3n) is 5.96. The monoisotopic (exact) mass is 512 g/mol. The Hall–Kier alpha value is -4.33. The molecule has 186 valence electrons. The summed E-state index contributed by atoms with van der Waals surface area (Å²) < 4.78 is 7.45. The van der Waals surface area contributed by atoms with Crippen LogP contribution < -0.4 is 10.9 Å². The number of carbonyl (C=O) groups is 1. The van der Waals surface area contributed by atoms with Crippen LogP contribution in [0.5, 0.6) is 0 Å². The normalized spacial score (nSPS) is 11.2. The number of ether oxygens (including phenoxy) is 1. The van der Waals surface area contributed by atoms with Crippen molar-refractivity contribution in [1.82, 2.24) is 19.5 Å².